The summed E-state index contributed by atoms with van der Waals surface area (Å²) in [5.74, 6) is 0.252. The Morgan fingerprint density at radius 1 is 1.32 bits per heavy atom. The van der Waals surface area contributed by atoms with Crippen molar-refractivity contribution >= 4 is 34.7 Å². The molecule has 0 fully saturated rings. The number of ether oxygens (including phenoxy) is 1. The molecule has 19 heavy (non-hydrogen) atoms. The van der Waals surface area contributed by atoms with Crippen LogP contribution in [0, 0.1) is 10.1 Å². The van der Waals surface area contributed by atoms with E-state index < -0.39 is 4.92 Å². The van der Waals surface area contributed by atoms with Crippen LogP contribution < -0.4 is 10.5 Å². The molecule has 1 aromatic heterocycles. The molecule has 2 rings (SSSR count). The summed E-state index contributed by atoms with van der Waals surface area (Å²) in [6, 6.07) is 3.75. The Bertz CT molecular complexity index is 651. The fraction of sp³-hybridized carbons (Fsp3) is 0. The molecule has 0 saturated carbocycles. The fourth-order valence-electron chi connectivity index (χ4n) is 1.23. The van der Waals surface area contributed by atoms with E-state index in [-0.39, 0.29) is 33.2 Å². The van der Waals surface area contributed by atoms with Crippen molar-refractivity contribution in [1.29, 1.82) is 0 Å². The SMILES string of the molecule is Nc1ncnc(Oc2ccc([N+](=O)[O-])cc2Cl)c1Cl. The van der Waals surface area contributed by atoms with Gasteiger partial charge in [0.25, 0.3) is 5.69 Å². The van der Waals surface area contributed by atoms with Crippen LogP contribution in [0.15, 0.2) is 24.5 Å². The topological polar surface area (TPSA) is 104 Å². The molecule has 2 aromatic rings. The molecule has 0 atom stereocenters. The highest BCUT2D eigenvalue weighted by Gasteiger charge is 2.14. The van der Waals surface area contributed by atoms with Crippen LogP contribution in [0.5, 0.6) is 11.6 Å². The van der Waals surface area contributed by atoms with E-state index in [0.717, 1.165) is 6.07 Å². The number of nitrogens with two attached hydrogens (primary N) is 1. The molecule has 0 aliphatic carbocycles. The zero-order chi connectivity index (χ0) is 14.0. The number of nitro benzene ring substituents is 1. The molecule has 2 N–H and O–H groups in total. The van der Waals surface area contributed by atoms with E-state index >= 15 is 0 Å². The average molecular weight is 301 g/mol. The molecule has 7 nitrogen and oxygen atoms in total. The molecule has 0 saturated heterocycles. The third-order valence-electron chi connectivity index (χ3n) is 2.12. The number of hydrogen-bond acceptors (Lipinski definition) is 6. The van der Waals surface area contributed by atoms with Gasteiger partial charge in [0.2, 0.25) is 5.88 Å². The van der Waals surface area contributed by atoms with E-state index in [4.69, 9.17) is 33.7 Å². The Labute approximate surface area is 117 Å². The van der Waals surface area contributed by atoms with E-state index in [2.05, 4.69) is 9.97 Å². The molecule has 9 heteroatoms. The summed E-state index contributed by atoms with van der Waals surface area (Å²) in [4.78, 5) is 17.5. The molecule has 0 bridgehead atoms. The van der Waals surface area contributed by atoms with Crippen LogP contribution in [0.3, 0.4) is 0 Å². The summed E-state index contributed by atoms with van der Waals surface area (Å²) in [6.45, 7) is 0. The van der Waals surface area contributed by atoms with Crippen LogP contribution in [-0.2, 0) is 0 Å². The van der Waals surface area contributed by atoms with Crippen molar-refractivity contribution in [3.63, 3.8) is 0 Å². The molecule has 0 amide bonds. The van der Waals surface area contributed by atoms with Crippen LogP contribution >= 0.6 is 23.2 Å². The second kappa shape index (κ2) is 5.25. The largest absolute Gasteiger partial charge is 0.436 e. The third-order valence-corrected chi connectivity index (χ3v) is 2.77. The van der Waals surface area contributed by atoms with Gasteiger partial charge in [0.05, 0.1) is 9.95 Å². The lowest BCUT2D eigenvalue weighted by atomic mass is 10.3. The van der Waals surface area contributed by atoms with E-state index in [0.29, 0.717) is 0 Å². The van der Waals surface area contributed by atoms with Gasteiger partial charge in [-0.3, -0.25) is 10.1 Å². The highest BCUT2D eigenvalue weighted by Crippen LogP contribution is 2.35. The number of halogens is 2. The Morgan fingerprint density at radius 2 is 2.05 bits per heavy atom. The predicted octanol–water partition coefficient (Wildman–Crippen LogP) is 3.07. The van der Waals surface area contributed by atoms with Gasteiger partial charge in [-0.1, -0.05) is 23.2 Å². The average Bonchev–Trinajstić information content (AvgIpc) is 2.37. The number of rotatable bonds is 3. The van der Waals surface area contributed by atoms with Crippen molar-refractivity contribution in [3.05, 3.63) is 44.7 Å². The van der Waals surface area contributed by atoms with E-state index in [1.54, 1.807) is 0 Å². The van der Waals surface area contributed by atoms with Gasteiger partial charge < -0.3 is 10.5 Å². The van der Waals surface area contributed by atoms with Crippen molar-refractivity contribution < 1.29 is 9.66 Å². The third kappa shape index (κ3) is 2.83. The number of hydrogen-bond donors (Lipinski definition) is 1. The molecule has 0 unspecified atom stereocenters. The van der Waals surface area contributed by atoms with Crippen LogP contribution in [0.2, 0.25) is 10.0 Å². The number of benzene rings is 1. The predicted molar refractivity (Wildman–Crippen MR) is 69.6 cm³/mol. The van der Waals surface area contributed by atoms with Gasteiger partial charge in [-0.15, -0.1) is 0 Å². The number of aromatic nitrogens is 2. The summed E-state index contributed by atoms with van der Waals surface area (Å²) in [6.07, 6.45) is 1.18. The number of nitrogens with zero attached hydrogens (tertiary/aromatic N) is 3. The smallest absolute Gasteiger partial charge is 0.271 e. The van der Waals surface area contributed by atoms with Crippen LogP contribution in [0.25, 0.3) is 0 Å². The summed E-state index contributed by atoms with van der Waals surface area (Å²) >= 11 is 11.7. The van der Waals surface area contributed by atoms with Gasteiger partial charge in [-0.2, -0.15) is 4.98 Å². The lowest BCUT2D eigenvalue weighted by molar-refractivity contribution is -0.384. The molecule has 98 valence electrons. The minimum absolute atomic E-state index is 0.0184. The van der Waals surface area contributed by atoms with Crippen molar-refractivity contribution in [1.82, 2.24) is 9.97 Å². The first-order valence-corrected chi connectivity index (χ1v) is 5.62. The second-order valence-corrected chi connectivity index (χ2v) is 4.14. The van der Waals surface area contributed by atoms with Gasteiger partial charge in [-0.05, 0) is 6.07 Å². The van der Waals surface area contributed by atoms with Crippen molar-refractivity contribution in [2.24, 2.45) is 0 Å². The van der Waals surface area contributed by atoms with Gasteiger partial charge >= 0.3 is 0 Å². The fourth-order valence-corrected chi connectivity index (χ4v) is 1.58. The summed E-state index contributed by atoms with van der Waals surface area (Å²) in [5, 5.41) is 10.7. The summed E-state index contributed by atoms with van der Waals surface area (Å²) in [7, 11) is 0. The Hall–Kier alpha value is -2.12. The van der Waals surface area contributed by atoms with Crippen molar-refractivity contribution in [2.45, 2.75) is 0 Å². The van der Waals surface area contributed by atoms with Gasteiger partial charge in [0.1, 0.15) is 22.9 Å². The maximum Gasteiger partial charge on any atom is 0.271 e. The van der Waals surface area contributed by atoms with Crippen LogP contribution in [0.1, 0.15) is 0 Å². The standard InChI is InChI=1S/C10H6Cl2N4O3/c11-6-3-5(16(17)18)1-2-7(6)19-10-8(12)9(13)14-4-15-10/h1-4H,(H2,13,14,15). The number of anilines is 1. The maximum atomic E-state index is 10.6. The molecule has 0 radical (unpaired) electrons. The summed E-state index contributed by atoms with van der Waals surface area (Å²) in [5.41, 5.74) is 5.34. The lowest BCUT2D eigenvalue weighted by Crippen LogP contribution is -1.97. The number of non-ortho nitro benzene ring substituents is 1. The molecular formula is C10H6Cl2N4O3. The minimum atomic E-state index is -0.564. The quantitative estimate of drug-likeness (QED) is 0.690. The summed E-state index contributed by atoms with van der Waals surface area (Å²) < 4.78 is 5.34. The molecular weight excluding hydrogens is 295 g/mol. The molecule has 1 aromatic carbocycles. The molecule has 0 spiro atoms. The Kier molecular flexibility index (Phi) is 3.68. The highest BCUT2D eigenvalue weighted by atomic mass is 35.5. The zero-order valence-electron chi connectivity index (χ0n) is 9.21. The minimum Gasteiger partial charge on any atom is -0.436 e. The molecule has 1 heterocycles. The van der Waals surface area contributed by atoms with Crippen LogP contribution in [-0.4, -0.2) is 14.9 Å². The van der Waals surface area contributed by atoms with Gasteiger partial charge in [0, 0.05) is 12.1 Å². The van der Waals surface area contributed by atoms with Crippen LogP contribution in [0.4, 0.5) is 11.5 Å². The van der Waals surface area contributed by atoms with E-state index in [1.807, 2.05) is 0 Å². The first-order valence-electron chi connectivity index (χ1n) is 4.87. The highest BCUT2D eigenvalue weighted by molar-refractivity contribution is 6.34. The van der Waals surface area contributed by atoms with Gasteiger partial charge in [-0.25, -0.2) is 4.98 Å². The lowest BCUT2D eigenvalue weighted by Gasteiger charge is -2.08. The first kappa shape index (κ1) is 13.3. The number of nitrogen functional groups attached to an aromatic ring is 1. The van der Waals surface area contributed by atoms with Crippen molar-refractivity contribution in [3.8, 4) is 11.6 Å². The number of nitro groups is 1. The van der Waals surface area contributed by atoms with E-state index in [9.17, 15) is 10.1 Å². The molecule has 0 aliphatic heterocycles. The Balaban J connectivity index is 2.34. The Morgan fingerprint density at radius 3 is 2.68 bits per heavy atom. The zero-order valence-corrected chi connectivity index (χ0v) is 10.7. The first-order chi connectivity index (χ1) is 8.99. The van der Waals surface area contributed by atoms with E-state index in [1.165, 1.54) is 18.5 Å². The van der Waals surface area contributed by atoms with Gasteiger partial charge in [0.15, 0.2) is 0 Å². The second-order valence-electron chi connectivity index (χ2n) is 3.35. The monoisotopic (exact) mass is 300 g/mol. The maximum absolute atomic E-state index is 10.6. The van der Waals surface area contributed by atoms with Crippen molar-refractivity contribution in [2.75, 3.05) is 5.73 Å². The molecule has 0 aliphatic rings. The normalized spacial score (nSPS) is 10.2.